The average molecular weight is 259 g/mol. The van der Waals surface area contributed by atoms with E-state index < -0.39 is 0 Å². The fraction of sp³-hybridized carbons (Fsp3) is 0.286. The molecule has 0 atom stereocenters. The molecule has 1 aromatic carbocycles. The Hall–Kier alpha value is -2.30. The first-order valence-electron chi connectivity index (χ1n) is 6.04. The Labute approximate surface area is 112 Å². The number of aromatic amines is 1. The van der Waals surface area contributed by atoms with Crippen molar-refractivity contribution >= 4 is 11.6 Å². The number of anilines is 1. The fourth-order valence-electron chi connectivity index (χ4n) is 1.89. The van der Waals surface area contributed by atoms with E-state index in [4.69, 9.17) is 4.74 Å². The number of aromatic nitrogens is 2. The summed E-state index contributed by atoms with van der Waals surface area (Å²) in [6.07, 6.45) is 0.307. The Balaban J connectivity index is 2.05. The van der Waals surface area contributed by atoms with Gasteiger partial charge in [-0.3, -0.25) is 9.89 Å². The van der Waals surface area contributed by atoms with Crippen molar-refractivity contribution in [1.82, 2.24) is 10.2 Å². The maximum absolute atomic E-state index is 12.0. The number of carbonyl (C=O) groups excluding carboxylic acids is 1. The lowest BCUT2D eigenvalue weighted by Crippen LogP contribution is -2.15. The zero-order valence-corrected chi connectivity index (χ0v) is 11.3. The van der Waals surface area contributed by atoms with E-state index in [-0.39, 0.29) is 5.91 Å². The van der Waals surface area contributed by atoms with E-state index >= 15 is 0 Å². The first-order valence-corrected chi connectivity index (χ1v) is 6.04. The lowest BCUT2D eigenvalue weighted by atomic mass is 10.1. The largest absolute Gasteiger partial charge is 0.497 e. The SMILES string of the molecule is COc1cccc(CC(=O)Nc2c(C)n[nH]c2C)c1. The summed E-state index contributed by atoms with van der Waals surface area (Å²) in [5, 5.41) is 9.75. The van der Waals surface area contributed by atoms with Crippen LogP contribution in [0.1, 0.15) is 17.0 Å². The van der Waals surface area contributed by atoms with Crippen LogP contribution in [-0.4, -0.2) is 23.2 Å². The number of amides is 1. The lowest BCUT2D eigenvalue weighted by Gasteiger charge is -2.06. The Morgan fingerprint density at radius 2 is 2.21 bits per heavy atom. The fourth-order valence-corrected chi connectivity index (χ4v) is 1.89. The molecule has 0 saturated carbocycles. The van der Waals surface area contributed by atoms with Crippen molar-refractivity contribution in [3.05, 3.63) is 41.2 Å². The van der Waals surface area contributed by atoms with Crippen molar-refractivity contribution in [2.45, 2.75) is 20.3 Å². The second kappa shape index (κ2) is 5.56. The number of H-pyrrole nitrogens is 1. The predicted octanol–water partition coefficient (Wildman–Crippen LogP) is 2.22. The number of ether oxygens (including phenoxy) is 1. The normalized spacial score (nSPS) is 10.3. The Kier molecular flexibility index (Phi) is 3.85. The van der Waals surface area contributed by atoms with Gasteiger partial charge >= 0.3 is 0 Å². The van der Waals surface area contributed by atoms with Crippen LogP contribution >= 0.6 is 0 Å². The van der Waals surface area contributed by atoms with Gasteiger partial charge in [0.25, 0.3) is 0 Å². The number of carbonyl (C=O) groups is 1. The van der Waals surface area contributed by atoms with Crippen LogP contribution in [0.5, 0.6) is 5.75 Å². The summed E-state index contributed by atoms with van der Waals surface area (Å²) in [6.45, 7) is 3.73. The Morgan fingerprint density at radius 3 is 2.84 bits per heavy atom. The van der Waals surface area contributed by atoms with E-state index in [2.05, 4.69) is 15.5 Å². The molecule has 19 heavy (non-hydrogen) atoms. The quantitative estimate of drug-likeness (QED) is 0.884. The summed E-state index contributed by atoms with van der Waals surface area (Å²) < 4.78 is 5.13. The van der Waals surface area contributed by atoms with Gasteiger partial charge in [-0.1, -0.05) is 12.1 Å². The zero-order valence-electron chi connectivity index (χ0n) is 11.3. The van der Waals surface area contributed by atoms with Crippen LogP contribution in [0.15, 0.2) is 24.3 Å². The van der Waals surface area contributed by atoms with Crippen LogP contribution < -0.4 is 10.1 Å². The highest BCUT2D eigenvalue weighted by Crippen LogP contribution is 2.17. The van der Waals surface area contributed by atoms with E-state index in [0.717, 1.165) is 28.4 Å². The minimum absolute atomic E-state index is 0.0687. The monoisotopic (exact) mass is 259 g/mol. The Morgan fingerprint density at radius 1 is 1.42 bits per heavy atom. The molecule has 0 aliphatic heterocycles. The molecule has 0 unspecified atom stereocenters. The maximum atomic E-state index is 12.0. The topological polar surface area (TPSA) is 67.0 Å². The highest BCUT2D eigenvalue weighted by molar-refractivity contribution is 5.93. The molecule has 1 aromatic heterocycles. The number of hydrogen-bond acceptors (Lipinski definition) is 3. The number of nitrogens with one attached hydrogen (secondary N) is 2. The van der Waals surface area contributed by atoms with Crippen molar-refractivity contribution in [2.24, 2.45) is 0 Å². The van der Waals surface area contributed by atoms with Crippen molar-refractivity contribution in [1.29, 1.82) is 0 Å². The number of hydrogen-bond donors (Lipinski definition) is 2. The highest BCUT2D eigenvalue weighted by atomic mass is 16.5. The van der Waals surface area contributed by atoms with Gasteiger partial charge in [0.2, 0.25) is 5.91 Å². The van der Waals surface area contributed by atoms with Gasteiger partial charge in [0.05, 0.1) is 30.6 Å². The van der Waals surface area contributed by atoms with Gasteiger partial charge in [-0.15, -0.1) is 0 Å². The van der Waals surface area contributed by atoms with E-state index in [0.29, 0.717) is 6.42 Å². The molecule has 1 amide bonds. The van der Waals surface area contributed by atoms with Crippen molar-refractivity contribution in [3.8, 4) is 5.75 Å². The van der Waals surface area contributed by atoms with E-state index in [1.54, 1.807) is 7.11 Å². The summed E-state index contributed by atoms with van der Waals surface area (Å²) in [5.41, 5.74) is 3.32. The molecule has 5 heteroatoms. The molecule has 2 N–H and O–H groups in total. The molecule has 100 valence electrons. The van der Waals surface area contributed by atoms with E-state index in [1.165, 1.54) is 0 Å². The molecule has 0 radical (unpaired) electrons. The van der Waals surface area contributed by atoms with Crippen LogP contribution in [0.3, 0.4) is 0 Å². The number of rotatable bonds is 4. The smallest absolute Gasteiger partial charge is 0.228 e. The molecule has 0 aliphatic rings. The number of benzene rings is 1. The van der Waals surface area contributed by atoms with Crippen LogP contribution in [0.25, 0.3) is 0 Å². The van der Waals surface area contributed by atoms with Gasteiger partial charge in [0.15, 0.2) is 0 Å². The number of aryl methyl sites for hydroxylation is 2. The summed E-state index contributed by atoms with van der Waals surface area (Å²) in [4.78, 5) is 12.0. The van der Waals surface area contributed by atoms with E-state index in [1.807, 2.05) is 38.1 Å². The van der Waals surface area contributed by atoms with Gasteiger partial charge in [-0.05, 0) is 31.5 Å². The molecule has 0 bridgehead atoms. The van der Waals surface area contributed by atoms with Crippen molar-refractivity contribution in [3.63, 3.8) is 0 Å². The standard InChI is InChI=1S/C14H17N3O2/c1-9-14(10(2)17-16-9)15-13(18)8-11-5-4-6-12(7-11)19-3/h4-7H,8H2,1-3H3,(H,15,18)(H,16,17). The predicted molar refractivity (Wildman–Crippen MR) is 73.4 cm³/mol. The first kappa shape index (κ1) is 13.1. The van der Waals surface area contributed by atoms with Gasteiger partial charge in [-0.25, -0.2) is 0 Å². The first-order chi connectivity index (χ1) is 9.10. The average Bonchev–Trinajstić information content (AvgIpc) is 2.71. The summed E-state index contributed by atoms with van der Waals surface area (Å²) >= 11 is 0. The third kappa shape index (κ3) is 3.13. The summed E-state index contributed by atoms with van der Waals surface area (Å²) in [5.74, 6) is 0.682. The van der Waals surface area contributed by atoms with Gasteiger partial charge in [0.1, 0.15) is 5.75 Å². The third-order valence-electron chi connectivity index (χ3n) is 2.89. The zero-order chi connectivity index (χ0) is 13.8. The molecule has 2 aromatic rings. The molecular weight excluding hydrogens is 242 g/mol. The molecular formula is C14H17N3O2. The molecule has 0 aliphatic carbocycles. The number of methoxy groups -OCH3 is 1. The van der Waals surface area contributed by atoms with Gasteiger partial charge in [-0.2, -0.15) is 5.10 Å². The van der Waals surface area contributed by atoms with Crippen LogP contribution in [0.2, 0.25) is 0 Å². The molecule has 0 fully saturated rings. The third-order valence-corrected chi connectivity index (χ3v) is 2.89. The molecule has 0 saturated heterocycles. The summed E-state index contributed by atoms with van der Waals surface area (Å²) in [7, 11) is 1.61. The highest BCUT2D eigenvalue weighted by Gasteiger charge is 2.10. The second-order valence-electron chi connectivity index (χ2n) is 4.39. The minimum atomic E-state index is -0.0687. The Bertz CT molecular complexity index is 571. The van der Waals surface area contributed by atoms with Crippen LogP contribution in [0.4, 0.5) is 5.69 Å². The number of nitrogens with zero attached hydrogens (tertiary/aromatic N) is 1. The van der Waals surface area contributed by atoms with Gasteiger partial charge < -0.3 is 10.1 Å². The molecule has 1 heterocycles. The second-order valence-corrected chi connectivity index (χ2v) is 4.39. The van der Waals surface area contributed by atoms with Crippen LogP contribution in [0, 0.1) is 13.8 Å². The molecule has 5 nitrogen and oxygen atoms in total. The maximum Gasteiger partial charge on any atom is 0.228 e. The van der Waals surface area contributed by atoms with Gasteiger partial charge in [0, 0.05) is 0 Å². The van der Waals surface area contributed by atoms with E-state index in [9.17, 15) is 4.79 Å². The molecule has 0 spiro atoms. The summed E-state index contributed by atoms with van der Waals surface area (Å²) in [6, 6.07) is 7.48. The minimum Gasteiger partial charge on any atom is -0.497 e. The molecule has 2 rings (SSSR count). The van der Waals surface area contributed by atoms with Crippen LogP contribution in [-0.2, 0) is 11.2 Å². The lowest BCUT2D eigenvalue weighted by molar-refractivity contribution is -0.115. The van der Waals surface area contributed by atoms with Crippen molar-refractivity contribution < 1.29 is 9.53 Å². The van der Waals surface area contributed by atoms with Crippen molar-refractivity contribution in [2.75, 3.05) is 12.4 Å².